The number of carbonyl (C=O) groups is 1. The maximum Gasteiger partial charge on any atom is 0.229 e. The van der Waals surface area contributed by atoms with Crippen LogP contribution in [0.4, 0.5) is 0 Å². The lowest BCUT2D eigenvalue weighted by molar-refractivity contribution is -0.141. The monoisotopic (exact) mass is 256 g/mol. The molecule has 108 valence electrons. The second kappa shape index (κ2) is 8.52. The summed E-state index contributed by atoms with van der Waals surface area (Å²) in [5.41, 5.74) is 5.60. The minimum absolute atomic E-state index is 0.245. The summed E-state index contributed by atoms with van der Waals surface area (Å²) in [7, 11) is 1.92. The van der Waals surface area contributed by atoms with Gasteiger partial charge in [-0.25, -0.2) is 0 Å². The van der Waals surface area contributed by atoms with Crippen LogP contribution in [0.25, 0.3) is 0 Å². The molecule has 0 saturated heterocycles. The Balaban J connectivity index is 4.71. The Kier molecular flexibility index (Phi) is 8.25. The molecule has 0 aromatic heterocycles. The van der Waals surface area contributed by atoms with E-state index in [2.05, 4.69) is 27.7 Å². The van der Waals surface area contributed by atoms with Gasteiger partial charge in [-0.3, -0.25) is 4.79 Å². The van der Waals surface area contributed by atoms with Gasteiger partial charge in [0.25, 0.3) is 0 Å². The molecular weight excluding hydrogens is 224 g/mol. The van der Waals surface area contributed by atoms with E-state index in [1.54, 1.807) is 0 Å². The van der Waals surface area contributed by atoms with Crippen molar-refractivity contribution in [3.63, 3.8) is 0 Å². The molecule has 0 unspecified atom stereocenters. The van der Waals surface area contributed by atoms with Gasteiger partial charge in [-0.05, 0) is 25.2 Å². The molecule has 0 aromatic carbocycles. The predicted molar refractivity (Wildman–Crippen MR) is 78.4 cm³/mol. The fourth-order valence-corrected chi connectivity index (χ4v) is 2.55. The molecule has 0 aromatic rings. The zero-order chi connectivity index (χ0) is 14.2. The third-order valence-corrected chi connectivity index (χ3v) is 3.69. The predicted octanol–water partition coefficient (Wildman–Crippen LogP) is 3.04. The topological polar surface area (TPSA) is 46.3 Å². The van der Waals surface area contributed by atoms with Crippen molar-refractivity contribution in [3.8, 4) is 0 Å². The van der Waals surface area contributed by atoms with Gasteiger partial charge in [0.15, 0.2) is 0 Å². The van der Waals surface area contributed by atoms with Crippen molar-refractivity contribution in [2.45, 2.75) is 59.8 Å². The number of hydrogen-bond donors (Lipinski definition) is 1. The van der Waals surface area contributed by atoms with Gasteiger partial charge < -0.3 is 10.6 Å². The summed E-state index contributed by atoms with van der Waals surface area (Å²) in [6.07, 6.45) is 4.90. The first-order valence-electron chi connectivity index (χ1n) is 7.39. The Morgan fingerprint density at radius 3 is 2.06 bits per heavy atom. The van der Waals surface area contributed by atoms with Crippen LogP contribution in [0.5, 0.6) is 0 Å². The molecule has 0 heterocycles. The summed E-state index contributed by atoms with van der Waals surface area (Å²) >= 11 is 0. The summed E-state index contributed by atoms with van der Waals surface area (Å²) in [5, 5.41) is 0. The molecule has 0 aliphatic rings. The van der Waals surface area contributed by atoms with Crippen molar-refractivity contribution in [3.05, 3.63) is 0 Å². The molecule has 0 atom stereocenters. The Hall–Kier alpha value is -0.570. The van der Waals surface area contributed by atoms with Gasteiger partial charge in [0.05, 0.1) is 5.41 Å². The number of nitrogens with zero attached hydrogens (tertiary/aromatic N) is 1. The zero-order valence-electron chi connectivity index (χ0n) is 13.0. The zero-order valence-corrected chi connectivity index (χ0v) is 13.0. The second-order valence-electron chi connectivity index (χ2n) is 5.89. The van der Waals surface area contributed by atoms with E-state index in [1.807, 2.05) is 11.9 Å². The van der Waals surface area contributed by atoms with Gasteiger partial charge in [-0.15, -0.1) is 0 Å². The number of rotatable bonds is 9. The van der Waals surface area contributed by atoms with Crippen LogP contribution in [0.2, 0.25) is 0 Å². The highest BCUT2D eigenvalue weighted by molar-refractivity contribution is 5.82. The van der Waals surface area contributed by atoms with Crippen molar-refractivity contribution >= 4 is 5.91 Å². The minimum atomic E-state index is -0.324. The Bertz CT molecular complexity index is 233. The minimum Gasteiger partial charge on any atom is -0.345 e. The molecule has 0 fully saturated rings. The first kappa shape index (κ1) is 17.4. The highest BCUT2D eigenvalue weighted by Crippen LogP contribution is 2.31. The molecule has 0 bridgehead atoms. The van der Waals surface area contributed by atoms with Crippen molar-refractivity contribution in [1.29, 1.82) is 0 Å². The number of carbonyl (C=O) groups excluding carboxylic acids is 1. The van der Waals surface area contributed by atoms with Crippen LogP contribution < -0.4 is 5.73 Å². The Morgan fingerprint density at radius 2 is 1.72 bits per heavy atom. The van der Waals surface area contributed by atoms with E-state index >= 15 is 0 Å². The number of hydrogen-bond acceptors (Lipinski definition) is 2. The smallest absolute Gasteiger partial charge is 0.229 e. The van der Waals surface area contributed by atoms with E-state index in [-0.39, 0.29) is 11.3 Å². The summed E-state index contributed by atoms with van der Waals surface area (Å²) in [4.78, 5) is 14.5. The van der Waals surface area contributed by atoms with Gasteiger partial charge in [0.1, 0.15) is 0 Å². The third kappa shape index (κ3) is 4.97. The fourth-order valence-electron chi connectivity index (χ4n) is 2.55. The lowest BCUT2D eigenvalue weighted by atomic mass is 9.78. The first-order chi connectivity index (χ1) is 8.43. The molecule has 0 saturated carbocycles. The number of amides is 1. The van der Waals surface area contributed by atoms with E-state index in [1.165, 1.54) is 0 Å². The summed E-state index contributed by atoms with van der Waals surface area (Å²) in [6, 6.07) is 0. The lowest BCUT2D eigenvalue weighted by Gasteiger charge is -2.35. The van der Waals surface area contributed by atoms with Gasteiger partial charge in [-0.2, -0.15) is 0 Å². The van der Waals surface area contributed by atoms with Crippen LogP contribution in [-0.4, -0.2) is 30.9 Å². The largest absolute Gasteiger partial charge is 0.345 e. The van der Waals surface area contributed by atoms with Crippen LogP contribution in [0, 0.1) is 11.3 Å². The maximum absolute atomic E-state index is 12.6. The van der Waals surface area contributed by atoms with Crippen molar-refractivity contribution in [1.82, 2.24) is 4.90 Å². The SMILES string of the molecule is CCCC(CN)(CCC)C(=O)N(C)CCC(C)C. The van der Waals surface area contributed by atoms with Crippen LogP contribution >= 0.6 is 0 Å². The molecule has 0 spiro atoms. The molecular formula is C15H32N2O. The molecule has 0 aliphatic heterocycles. The molecule has 3 nitrogen and oxygen atoms in total. The summed E-state index contributed by atoms with van der Waals surface area (Å²) < 4.78 is 0. The van der Waals surface area contributed by atoms with Gasteiger partial charge >= 0.3 is 0 Å². The summed E-state index contributed by atoms with van der Waals surface area (Å²) in [5.74, 6) is 0.874. The standard InChI is InChI=1S/C15H32N2O/c1-6-9-15(12-16,10-7-2)14(18)17(5)11-8-13(3)4/h13H,6-12,16H2,1-5H3. The molecule has 18 heavy (non-hydrogen) atoms. The lowest BCUT2D eigenvalue weighted by Crippen LogP contribution is -2.47. The average molecular weight is 256 g/mol. The summed E-state index contributed by atoms with van der Waals surface area (Å²) in [6.45, 7) is 9.94. The van der Waals surface area contributed by atoms with Crippen molar-refractivity contribution in [2.24, 2.45) is 17.1 Å². The normalized spacial score (nSPS) is 11.9. The van der Waals surface area contributed by atoms with Gasteiger partial charge in [0, 0.05) is 20.1 Å². The third-order valence-electron chi connectivity index (χ3n) is 3.69. The van der Waals surface area contributed by atoms with E-state index in [0.717, 1.165) is 38.6 Å². The molecule has 0 radical (unpaired) electrons. The van der Waals surface area contributed by atoms with Crippen LogP contribution in [0.15, 0.2) is 0 Å². The van der Waals surface area contributed by atoms with E-state index < -0.39 is 0 Å². The quantitative estimate of drug-likeness (QED) is 0.689. The van der Waals surface area contributed by atoms with Crippen molar-refractivity contribution in [2.75, 3.05) is 20.1 Å². The molecule has 0 rings (SSSR count). The van der Waals surface area contributed by atoms with Crippen LogP contribution in [0.3, 0.4) is 0 Å². The Morgan fingerprint density at radius 1 is 1.22 bits per heavy atom. The molecule has 3 heteroatoms. The molecule has 0 aliphatic carbocycles. The van der Waals surface area contributed by atoms with E-state index in [4.69, 9.17) is 5.73 Å². The van der Waals surface area contributed by atoms with E-state index in [0.29, 0.717) is 12.5 Å². The average Bonchev–Trinajstić information content (AvgIpc) is 2.34. The van der Waals surface area contributed by atoms with Crippen LogP contribution in [0.1, 0.15) is 59.8 Å². The molecule has 1 amide bonds. The Labute approximate surface area is 113 Å². The maximum atomic E-state index is 12.6. The first-order valence-corrected chi connectivity index (χ1v) is 7.39. The highest BCUT2D eigenvalue weighted by atomic mass is 16.2. The molecule has 2 N–H and O–H groups in total. The van der Waals surface area contributed by atoms with E-state index in [9.17, 15) is 4.79 Å². The second-order valence-corrected chi connectivity index (χ2v) is 5.89. The van der Waals surface area contributed by atoms with Gasteiger partial charge in [0.2, 0.25) is 5.91 Å². The number of nitrogens with two attached hydrogens (primary N) is 1. The fraction of sp³-hybridized carbons (Fsp3) is 0.933. The van der Waals surface area contributed by atoms with Crippen molar-refractivity contribution < 1.29 is 4.79 Å². The highest BCUT2D eigenvalue weighted by Gasteiger charge is 2.37. The van der Waals surface area contributed by atoms with Gasteiger partial charge in [-0.1, -0.05) is 40.5 Å². The van der Waals surface area contributed by atoms with Crippen LogP contribution in [-0.2, 0) is 4.79 Å².